The van der Waals surface area contributed by atoms with Gasteiger partial charge in [0.1, 0.15) is 6.61 Å². The molecule has 0 aliphatic carbocycles. The van der Waals surface area contributed by atoms with Crippen LogP contribution in [0.5, 0.6) is 0 Å². The number of hydrogen-bond acceptors (Lipinski definition) is 7. The second-order valence-electron chi connectivity index (χ2n) is 4.37. The highest BCUT2D eigenvalue weighted by Gasteiger charge is 2.22. The van der Waals surface area contributed by atoms with Gasteiger partial charge in [0, 0.05) is 31.3 Å². The molecule has 0 aromatic rings. The summed E-state index contributed by atoms with van der Waals surface area (Å²) in [5, 5.41) is 8.77. The van der Waals surface area contributed by atoms with E-state index in [0.29, 0.717) is 13.2 Å². The molecular weight excluding hydrogens is 308 g/mol. The van der Waals surface area contributed by atoms with E-state index in [1.807, 2.05) is 6.92 Å². The van der Waals surface area contributed by atoms with Crippen molar-refractivity contribution in [3.05, 3.63) is 11.6 Å². The first-order valence-electron chi connectivity index (χ1n) is 7.38. The average molecular weight is 332 g/mol. The number of hydrogen-bond donors (Lipinski definition) is 1. The standard InChI is InChI=1S/C15H24O8/c1-4-20-7-6-12(10-13(16)17)15(19)23-11(3)14(18)22-9-8-21-5-2/h10-11H,4-9H2,1-3H3,(H,16,17)/b12-10+. The highest BCUT2D eigenvalue weighted by Crippen LogP contribution is 2.08. The van der Waals surface area contributed by atoms with Crippen LogP contribution in [0.15, 0.2) is 11.6 Å². The zero-order chi connectivity index (χ0) is 17.7. The second kappa shape index (κ2) is 12.6. The Balaban J connectivity index is 4.47. The van der Waals surface area contributed by atoms with Gasteiger partial charge in [-0.05, 0) is 20.8 Å². The smallest absolute Gasteiger partial charge is 0.347 e. The van der Waals surface area contributed by atoms with Crippen LogP contribution >= 0.6 is 0 Å². The van der Waals surface area contributed by atoms with Gasteiger partial charge in [-0.3, -0.25) is 0 Å². The molecule has 0 aromatic heterocycles. The van der Waals surface area contributed by atoms with E-state index in [-0.39, 0.29) is 31.8 Å². The fourth-order valence-electron chi connectivity index (χ4n) is 1.46. The third-order valence-electron chi connectivity index (χ3n) is 2.57. The Morgan fingerprint density at radius 3 is 2.22 bits per heavy atom. The van der Waals surface area contributed by atoms with Crippen LogP contribution in [-0.4, -0.2) is 62.2 Å². The Bertz CT molecular complexity index is 416. The molecule has 1 atom stereocenters. The number of carbonyl (C=O) groups excluding carboxylic acids is 2. The van der Waals surface area contributed by atoms with Crippen LogP contribution in [0.4, 0.5) is 0 Å². The molecule has 0 spiro atoms. The van der Waals surface area contributed by atoms with Crippen LogP contribution in [0.1, 0.15) is 27.2 Å². The molecular formula is C15H24O8. The zero-order valence-electron chi connectivity index (χ0n) is 13.7. The molecule has 0 fully saturated rings. The van der Waals surface area contributed by atoms with Crippen molar-refractivity contribution < 1.29 is 38.4 Å². The Hall–Kier alpha value is -1.93. The molecule has 0 aromatic carbocycles. The van der Waals surface area contributed by atoms with E-state index in [1.165, 1.54) is 6.92 Å². The normalized spacial score (nSPS) is 12.6. The van der Waals surface area contributed by atoms with Crippen molar-refractivity contribution in [1.29, 1.82) is 0 Å². The van der Waals surface area contributed by atoms with Crippen molar-refractivity contribution in [3.63, 3.8) is 0 Å². The predicted octanol–water partition coefficient (Wildman–Crippen LogP) is 0.935. The van der Waals surface area contributed by atoms with Crippen LogP contribution in [-0.2, 0) is 33.3 Å². The lowest BCUT2D eigenvalue weighted by Crippen LogP contribution is -2.28. The van der Waals surface area contributed by atoms with Gasteiger partial charge in [0.15, 0.2) is 6.10 Å². The molecule has 8 nitrogen and oxygen atoms in total. The number of esters is 2. The van der Waals surface area contributed by atoms with E-state index in [2.05, 4.69) is 0 Å². The largest absolute Gasteiger partial charge is 0.478 e. The van der Waals surface area contributed by atoms with Crippen molar-refractivity contribution in [2.45, 2.75) is 33.3 Å². The minimum Gasteiger partial charge on any atom is -0.478 e. The van der Waals surface area contributed by atoms with Crippen LogP contribution < -0.4 is 0 Å². The van der Waals surface area contributed by atoms with Gasteiger partial charge in [-0.1, -0.05) is 0 Å². The third kappa shape index (κ3) is 10.4. The van der Waals surface area contributed by atoms with Crippen LogP contribution in [0, 0.1) is 0 Å². The summed E-state index contributed by atoms with van der Waals surface area (Å²) in [6.07, 6.45) is -0.326. The summed E-state index contributed by atoms with van der Waals surface area (Å²) < 4.78 is 19.9. The Kier molecular flexibility index (Phi) is 11.5. The summed E-state index contributed by atoms with van der Waals surface area (Å²) in [7, 11) is 0. The van der Waals surface area contributed by atoms with Gasteiger partial charge in [0.25, 0.3) is 0 Å². The summed E-state index contributed by atoms with van der Waals surface area (Å²) in [6, 6.07) is 0. The van der Waals surface area contributed by atoms with E-state index in [9.17, 15) is 14.4 Å². The van der Waals surface area contributed by atoms with Gasteiger partial charge in [-0.15, -0.1) is 0 Å². The maximum atomic E-state index is 11.9. The number of carboxylic acid groups (broad SMARTS) is 1. The van der Waals surface area contributed by atoms with Crippen molar-refractivity contribution in [2.75, 3.05) is 33.0 Å². The number of carboxylic acids is 1. The molecule has 0 amide bonds. The van der Waals surface area contributed by atoms with E-state index in [4.69, 9.17) is 24.1 Å². The monoisotopic (exact) mass is 332 g/mol. The van der Waals surface area contributed by atoms with Gasteiger partial charge in [0.2, 0.25) is 0 Å². The predicted molar refractivity (Wildman–Crippen MR) is 79.8 cm³/mol. The minimum absolute atomic E-state index is 0.0523. The summed E-state index contributed by atoms with van der Waals surface area (Å²) >= 11 is 0. The maximum Gasteiger partial charge on any atom is 0.347 e. The SMILES string of the molecule is CCOCCOC(=O)C(C)OC(=O)/C(=C/C(=O)O)CCOCC. The average Bonchev–Trinajstić information content (AvgIpc) is 2.50. The molecule has 0 aliphatic rings. The zero-order valence-corrected chi connectivity index (χ0v) is 13.7. The molecule has 23 heavy (non-hydrogen) atoms. The van der Waals surface area contributed by atoms with Gasteiger partial charge < -0.3 is 24.1 Å². The van der Waals surface area contributed by atoms with Crippen LogP contribution in [0.2, 0.25) is 0 Å². The van der Waals surface area contributed by atoms with E-state index in [1.54, 1.807) is 6.92 Å². The maximum absolute atomic E-state index is 11.9. The topological polar surface area (TPSA) is 108 Å². The second-order valence-corrected chi connectivity index (χ2v) is 4.37. The molecule has 0 heterocycles. The third-order valence-corrected chi connectivity index (χ3v) is 2.57. The van der Waals surface area contributed by atoms with Gasteiger partial charge in [-0.25, -0.2) is 14.4 Å². The number of aliphatic carboxylic acids is 1. The van der Waals surface area contributed by atoms with E-state index in [0.717, 1.165) is 6.08 Å². The lowest BCUT2D eigenvalue weighted by Gasteiger charge is -2.14. The van der Waals surface area contributed by atoms with Crippen molar-refractivity contribution in [3.8, 4) is 0 Å². The van der Waals surface area contributed by atoms with Crippen LogP contribution in [0.25, 0.3) is 0 Å². The van der Waals surface area contributed by atoms with Crippen molar-refractivity contribution >= 4 is 17.9 Å². The lowest BCUT2D eigenvalue weighted by atomic mass is 10.2. The molecule has 8 heteroatoms. The summed E-state index contributed by atoms with van der Waals surface area (Å²) in [6.45, 7) is 6.37. The lowest BCUT2D eigenvalue weighted by molar-refractivity contribution is -0.165. The fraction of sp³-hybridized carbons (Fsp3) is 0.667. The molecule has 0 rings (SSSR count). The first kappa shape index (κ1) is 21.1. The summed E-state index contributed by atoms with van der Waals surface area (Å²) in [5.41, 5.74) is -0.0834. The van der Waals surface area contributed by atoms with Crippen molar-refractivity contribution in [1.82, 2.24) is 0 Å². The Morgan fingerprint density at radius 2 is 1.65 bits per heavy atom. The van der Waals surface area contributed by atoms with E-state index < -0.39 is 24.0 Å². The number of carbonyl (C=O) groups is 3. The van der Waals surface area contributed by atoms with E-state index >= 15 is 0 Å². The Morgan fingerprint density at radius 1 is 1.04 bits per heavy atom. The molecule has 1 N–H and O–H groups in total. The quantitative estimate of drug-likeness (QED) is 0.319. The molecule has 0 saturated heterocycles. The molecule has 1 unspecified atom stereocenters. The van der Waals surface area contributed by atoms with Gasteiger partial charge >= 0.3 is 17.9 Å². The summed E-state index contributed by atoms with van der Waals surface area (Å²) in [5.74, 6) is -2.89. The molecule has 0 bridgehead atoms. The number of ether oxygens (including phenoxy) is 4. The van der Waals surface area contributed by atoms with Gasteiger partial charge in [0.05, 0.1) is 13.2 Å². The first-order valence-corrected chi connectivity index (χ1v) is 7.38. The minimum atomic E-state index is -1.28. The molecule has 0 aliphatic heterocycles. The van der Waals surface area contributed by atoms with Gasteiger partial charge in [-0.2, -0.15) is 0 Å². The molecule has 0 radical (unpaired) electrons. The van der Waals surface area contributed by atoms with Crippen molar-refractivity contribution in [2.24, 2.45) is 0 Å². The molecule has 132 valence electrons. The fourth-order valence-corrected chi connectivity index (χ4v) is 1.46. The highest BCUT2D eigenvalue weighted by atomic mass is 16.6. The molecule has 0 saturated carbocycles. The number of rotatable bonds is 12. The summed E-state index contributed by atoms with van der Waals surface area (Å²) in [4.78, 5) is 34.3. The Labute approximate surface area is 135 Å². The first-order chi connectivity index (χ1) is 10.9. The van der Waals surface area contributed by atoms with Crippen LogP contribution in [0.3, 0.4) is 0 Å². The highest BCUT2D eigenvalue weighted by molar-refractivity contribution is 5.96.